The van der Waals surface area contributed by atoms with Crippen LogP contribution in [0.5, 0.6) is 17.2 Å². The molecule has 0 atom stereocenters. The van der Waals surface area contributed by atoms with Crippen LogP contribution >= 0.6 is 0 Å². The lowest BCUT2D eigenvalue weighted by Gasteiger charge is -2.17. The molecule has 0 saturated heterocycles. The van der Waals surface area contributed by atoms with Gasteiger partial charge in [-0.1, -0.05) is 6.07 Å². The molecule has 1 heterocycles. The van der Waals surface area contributed by atoms with Crippen LogP contribution < -0.4 is 19.5 Å². The number of ether oxygens (including phenoxy) is 3. The van der Waals surface area contributed by atoms with Gasteiger partial charge in [-0.25, -0.2) is 4.68 Å². The van der Waals surface area contributed by atoms with E-state index in [-0.39, 0.29) is 34.9 Å². The van der Waals surface area contributed by atoms with Gasteiger partial charge in [0.05, 0.1) is 43.8 Å². The predicted octanol–water partition coefficient (Wildman–Crippen LogP) is 4.46. The van der Waals surface area contributed by atoms with Crippen molar-refractivity contribution >= 4 is 5.91 Å². The number of alkyl halides is 3. The molecule has 0 bridgehead atoms. The minimum absolute atomic E-state index is 0.0828. The first-order valence-corrected chi connectivity index (χ1v) is 9.91. The first kappa shape index (κ1) is 24.0. The molecule has 0 aliphatic rings. The molecule has 1 amide bonds. The lowest BCUT2D eigenvalue weighted by atomic mass is 10.1. The van der Waals surface area contributed by atoms with E-state index in [9.17, 15) is 18.0 Å². The number of benzene rings is 2. The number of carbonyl (C=O) groups excluding carboxylic acids is 1. The van der Waals surface area contributed by atoms with E-state index in [2.05, 4.69) is 10.4 Å². The molecule has 1 N–H and O–H groups in total. The number of amides is 1. The van der Waals surface area contributed by atoms with Gasteiger partial charge in [-0.15, -0.1) is 0 Å². The largest absolute Gasteiger partial charge is 0.496 e. The van der Waals surface area contributed by atoms with E-state index in [1.807, 2.05) is 0 Å². The summed E-state index contributed by atoms with van der Waals surface area (Å²) >= 11 is 0. The average Bonchev–Trinajstić information content (AvgIpc) is 3.13. The summed E-state index contributed by atoms with van der Waals surface area (Å²) in [5, 5.41) is 6.77. The minimum Gasteiger partial charge on any atom is -0.496 e. The van der Waals surface area contributed by atoms with E-state index in [1.165, 1.54) is 50.3 Å². The third-order valence-electron chi connectivity index (χ3n) is 5.04. The van der Waals surface area contributed by atoms with Crippen LogP contribution in [0.1, 0.15) is 32.9 Å². The second kappa shape index (κ2) is 9.43. The maximum absolute atomic E-state index is 13.8. The Labute approximate surface area is 189 Å². The van der Waals surface area contributed by atoms with Crippen molar-refractivity contribution in [2.75, 3.05) is 21.3 Å². The molecular formula is C23H24F3N3O4. The fourth-order valence-electron chi connectivity index (χ4n) is 3.48. The quantitative estimate of drug-likeness (QED) is 0.560. The van der Waals surface area contributed by atoms with Crippen molar-refractivity contribution in [1.29, 1.82) is 0 Å². The lowest BCUT2D eigenvalue weighted by Crippen LogP contribution is -2.25. The van der Waals surface area contributed by atoms with Crippen molar-refractivity contribution in [3.63, 3.8) is 0 Å². The van der Waals surface area contributed by atoms with E-state index in [0.29, 0.717) is 17.1 Å². The summed E-state index contributed by atoms with van der Waals surface area (Å²) in [7, 11) is 4.22. The summed E-state index contributed by atoms with van der Waals surface area (Å²) in [6.07, 6.45) is -4.62. The maximum Gasteiger partial charge on any atom is 0.416 e. The van der Waals surface area contributed by atoms with Crippen LogP contribution in [0.2, 0.25) is 0 Å². The highest BCUT2D eigenvalue weighted by molar-refractivity contribution is 5.97. The van der Waals surface area contributed by atoms with Crippen molar-refractivity contribution in [2.24, 2.45) is 0 Å². The van der Waals surface area contributed by atoms with Gasteiger partial charge in [0.2, 0.25) is 0 Å². The molecule has 0 aliphatic carbocycles. The maximum atomic E-state index is 13.8. The van der Waals surface area contributed by atoms with Crippen LogP contribution in [0.15, 0.2) is 36.4 Å². The molecule has 2 aromatic carbocycles. The summed E-state index contributed by atoms with van der Waals surface area (Å²) in [5.41, 5.74) is 0.851. The Hall–Kier alpha value is -3.69. The van der Waals surface area contributed by atoms with Crippen molar-refractivity contribution in [3.8, 4) is 22.9 Å². The summed E-state index contributed by atoms with van der Waals surface area (Å²) in [6, 6.07) is 8.55. The van der Waals surface area contributed by atoms with Crippen LogP contribution in [0.3, 0.4) is 0 Å². The Morgan fingerprint density at radius 2 is 1.61 bits per heavy atom. The molecule has 0 saturated carbocycles. The Kier molecular flexibility index (Phi) is 6.85. The minimum atomic E-state index is -4.62. The highest BCUT2D eigenvalue weighted by Crippen LogP contribution is 2.36. The molecule has 0 fully saturated rings. The number of methoxy groups -OCH3 is 3. The molecule has 0 aliphatic heterocycles. The fourth-order valence-corrected chi connectivity index (χ4v) is 3.48. The highest BCUT2D eigenvalue weighted by Gasteiger charge is 2.34. The zero-order valence-corrected chi connectivity index (χ0v) is 18.8. The molecule has 176 valence electrons. The monoisotopic (exact) mass is 463 g/mol. The van der Waals surface area contributed by atoms with Crippen LogP contribution in [-0.4, -0.2) is 37.0 Å². The van der Waals surface area contributed by atoms with Gasteiger partial charge in [-0.05, 0) is 37.6 Å². The molecule has 10 heteroatoms. The Balaban J connectivity index is 1.91. The van der Waals surface area contributed by atoms with Crippen molar-refractivity contribution in [1.82, 2.24) is 15.1 Å². The van der Waals surface area contributed by atoms with Crippen molar-refractivity contribution in [3.05, 3.63) is 64.5 Å². The second-order valence-electron chi connectivity index (χ2n) is 7.27. The molecule has 3 aromatic rings. The van der Waals surface area contributed by atoms with Gasteiger partial charge in [0, 0.05) is 24.4 Å². The fraction of sp³-hybridized carbons (Fsp3) is 0.304. The predicted molar refractivity (Wildman–Crippen MR) is 115 cm³/mol. The smallest absolute Gasteiger partial charge is 0.416 e. The van der Waals surface area contributed by atoms with Crippen LogP contribution in [-0.2, 0) is 12.7 Å². The third-order valence-corrected chi connectivity index (χ3v) is 5.04. The number of halogens is 3. The van der Waals surface area contributed by atoms with Gasteiger partial charge in [0.1, 0.15) is 5.75 Å². The summed E-state index contributed by atoms with van der Waals surface area (Å²) in [4.78, 5) is 12.8. The molecule has 7 nitrogen and oxygen atoms in total. The van der Waals surface area contributed by atoms with Crippen LogP contribution in [0.4, 0.5) is 13.2 Å². The average molecular weight is 463 g/mol. The van der Waals surface area contributed by atoms with Gasteiger partial charge in [0.25, 0.3) is 5.91 Å². The molecular weight excluding hydrogens is 439 g/mol. The number of aromatic nitrogens is 2. The zero-order chi connectivity index (χ0) is 24.3. The zero-order valence-electron chi connectivity index (χ0n) is 18.8. The lowest BCUT2D eigenvalue weighted by molar-refractivity contribution is -0.138. The van der Waals surface area contributed by atoms with Gasteiger partial charge < -0.3 is 19.5 Å². The number of carbonyl (C=O) groups is 1. The number of nitrogens with one attached hydrogen (secondary N) is 1. The topological polar surface area (TPSA) is 74.6 Å². The SMILES string of the molecule is COc1cc(OC)c(C(=O)NCc2ccc(-n3nc(C)cc3C)cc2C(F)(F)F)cc1OC. The van der Waals surface area contributed by atoms with Crippen molar-refractivity contribution in [2.45, 2.75) is 26.6 Å². The van der Waals surface area contributed by atoms with Gasteiger partial charge >= 0.3 is 6.18 Å². The van der Waals surface area contributed by atoms with Gasteiger partial charge in [-0.2, -0.15) is 18.3 Å². The summed E-state index contributed by atoms with van der Waals surface area (Å²) in [5.74, 6) is 0.211. The molecule has 0 radical (unpaired) electrons. The van der Waals surface area contributed by atoms with Crippen LogP contribution in [0, 0.1) is 13.8 Å². The number of hydrogen-bond acceptors (Lipinski definition) is 5. The third kappa shape index (κ3) is 5.05. The van der Waals surface area contributed by atoms with E-state index < -0.39 is 17.6 Å². The second-order valence-corrected chi connectivity index (χ2v) is 7.27. The summed E-state index contributed by atoms with van der Waals surface area (Å²) < 4.78 is 58.5. The molecule has 0 spiro atoms. The van der Waals surface area contributed by atoms with Gasteiger partial charge in [0.15, 0.2) is 11.5 Å². The molecule has 3 rings (SSSR count). The van der Waals surface area contributed by atoms with E-state index in [1.54, 1.807) is 19.9 Å². The molecule has 1 aromatic heterocycles. The first-order chi connectivity index (χ1) is 15.6. The number of aryl methyl sites for hydroxylation is 2. The van der Waals surface area contributed by atoms with Crippen LogP contribution in [0.25, 0.3) is 5.69 Å². The Morgan fingerprint density at radius 1 is 0.970 bits per heavy atom. The molecule has 33 heavy (non-hydrogen) atoms. The number of nitrogens with zero attached hydrogens (tertiary/aromatic N) is 2. The van der Waals surface area contributed by atoms with E-state index in [0.717, 1.165) is 6.07 Å². The van der Waals surface area contributed by atoms with Crippen molar-refractivity contribution < 1.29 is 32.2 Å². The van der Waals surface area contributed by atoms with Gasteiger partial charge in [-0.3, -0.25) is 4.79 Å². The Bertz CT molecular complexity index is 1170. The standard InChI is InChI=1S/C23H24F3N3O4/c1-13-8-14(2)29(28-13)16-7-6-15(18(9-16)23(24,25)26)12-27-22(30)17-10-20(32-4)21(33-5)11-19(17)31-3/h6-11H,12H2,1-5H3,(H,27,30). The normalized spacial score (nSPS) is 11.3. The first-order valence-electron chi connectivity index (χ1n) is 9.91. The Morgan fingerprint density at radius 3 is 2.15 bits per heavy atom. The molecule has 0 unspecified atom stereocenters. The van der Waals surface area contributed by atoms with E-state index in [4.69, 9.17) is 14.2 Å². The highest BCUT2D eigenvalue weighted by atomic mass is 19.4. The van der Waals surface area contributed by atoms with E-state index >= 15 is 0 Å². The summed E-state index contributed by atoms with van der Waals surface area (Å²) in [6.45, 7) is 3.18. The number of rotatable bonds is 7. The number of hydrogen-bond donors (Lipinski definition) is 1.